The molecule has 2 aliphatic rings. The first-order chi connectivity index (χ1) is 4.67. The molecule has 1 N–H and O–H groups in total. The molecular formula is C7H12ClF2N. The number of halogens is 3. The third-order valence-electron chi connectivity index (χ3n) is 2.60. The van der Waals surface area contributed by atoms with Gasteiger partial charge < -0.3 is 5.32 Å². The second-order valence-corrected chi connectivity index (χ2v) is 3.44. The van der Waals surface area contributed by atoms with Crippen molar-refractivity contribution in [2.75, 3.05) is 13.1 Å². The fraction of sp³-hybridized carbons (Fsp3) is 1.00. The molecule has 0 aromatic rings. The van der Waals surface area contributed by atoms with Crippen LogP contribution in [0.1, 0.15) is 12.8 Å². The molecule has 0 atom stereocenters. The summed E-state index contributed by atoms with van der Waals surface area (Å²) < 4.78 is 24.6. The summed E-state index contributed by atoms with van der Waals surface area (Å²) in [6.45, 7) is 1.92. The Morgan fingerprint density at radius 3 is 1.91 bits per heavy atom. The molecule has 4 heteroatoms. The molecule has 2 fully saturated rings. The van der Waals surface area contributed by atoms with Crippen LogP contribution in [0.4, 0.5) is 8.78 Å². The van der Waals surface area contributed by atoms with E-state index in [1.54, 1.807) is 0 Å². The lowest BCUT2D eigenvalue weighted by atomic mass is 9.71. The van der Waals surface area contributed by atoms with Crippen molar-refractivity contribution in [3.05, 3.63) is 0 Å². The van der Waals surface area contributed by atoms with Crippen LogP contribution in [0, 0.1) is 11.8 Å². The average molecular weight is 184 g/mol. The van der Waals surface area contributed by atoms with Crippen LogP contribution in [0.5, 0.6) is 0 Å². The Morgan fingerprint density at radius 1 is 1.09 bits per heavy atom. The van der Waals surface area contributed by atoms with E-state index in [2.05, 4.69) is 5.32 Å². The van der Waals surface area contributed by atoms with E-state index in [9.17, 15) is 8.78 Å². The first kappa shape index (κ1) is 9.20. The minimum atomic E-state index is -2.32. The standard InChI is InChI=1S/C7H11F2N.ClH/c8-7(9)1-5(2-7)6-3-10-4-6;/h5-6,10H,1-4H2;1H. The van der Waals surface area contributed by atoms with Crippen LogP contribution in [0.3, 0.4) is 0 Å². The van der Waals surface area contributed by atoms with Crippen molar-refractivity contribution in [3.8, 4) is 0 Å². The first-order valence-electron chi connectivity index (χ1n) is 3.76. The molecule has 1 nitrogen and oxygen atoms in total. The molecule has 0 radical (unpaired) electrons. The third kappa shape index (κ3) is 1.64. The van der Waals surface area contributed by atoms with Gasteiger partial charge in [-0.25, -0.2) is 8.78 Å². The fourth-order valence-electron chi connectivity index (χ4n) is 1.69. The van der Waals surface area contributed by atoms with E-state index in [-0.39, 0.29) is 25.2 Å². The highest BCUT2D eigenvalue weighted by Crippen LogP contribution is 2.46. The Morgan fingerprint density at radius 2 is 1.64 bits per heavy atom. The third-order valence-corrected chi connectivity index (χ3v) is 2.60. The van der Waals surface area contributed by atoms with Crippen molar-refractivity contribution >= 4 is 12.4 Å². The first-order valence-corrected chi connectivity index (χ1v) is 3.76. The maximum Gasteiger partial charge on any atom is 0.248 e. The Balaban J connectivity index is 0.000000605. The Hall–Kier alpha value is 0.110. The molecule has 1 aliphatic heterocycles. The summed E-state index contributed by atoms with van der Waals surface area (Å²) in [5.41, 5.74) is 0. The van der Waals surface area contributed by atoms with Gasteiger partial charge in [0.25, 0.3) is 0 Å². The van der Waals surface area contributed by atoms with Crippen LogP contribution in [-0.2, 0) is 0 Å². The summed E-state index contributed by atoms with van der Waals surface area (Å²) in [6, 6.07) is 0. The summed E-state index contributed by atoms with van der Waals surface area (Å²) in [7, 11) is 0. The van der Waals surface area contributed by atoms with Crippen molar-refractivity contribution in [1.82, 2.24) is 5.32 Å². The minimum Gasteiger partial charge on any atom is -0.316 e. The second-order valence-electron chi connectivity index (χ2n) is 3.44. The Labute approximate surface area is 71.0 Å². The monoisotopic (exact) mass is 183 g/mol. The van der Waals surface area contributed by atoms with Gasteiger partial charge in [-0.05, 0) is 24.9 Å². The number of rotatable bonds is 1. The molecule has 0 unspecified atom stereocenters. The van der Waals surface area contributed by atoms with E-state index < -0.39 is 5.92 Å². The lowest BCUT2D eigenvalue weighted by Crippen LogP contribution is -2.52. The van der Waals surface area contributed by atoms with Crippen molar-refractivity contribution in [3.63, 3.8) is 0 Å². The smallest absolute Gasteiger partial charge is 0.248 e. The van der Waals surface area contributed by atoms with Gasteiger partial charge in [0.1, 0.15) is 0 Å². The van der Waals surface area contributed by atoms with Crippen molar-refractivity contribution in [1.29, 1.82) is 0 Å². The van der Waals surface area contributed by atoms with Crippen molar-refractivity contribution in [2.45, 2.75) is 18.8 Å². The Bertz CT molecular complexity index is 139. The normalized spacial score (nSPS) is 30.0. The minimum absolute atomic E-state index is 0. The molecule has 0 aromatic carbocycles. The van der Waals surface area contributed by atoms with E-state index in [1.807, 2.05) is 0 Å². The van der Waals surface area contributed by atoms with Gasteiger partial charge in [0.15, 0.2) is 0 Å². The van der Waals surface area contributed by atoms with Gasteiger partial charge >= 0.3 is 0 Å². The molecule has 1 heterocycles. The molecule has 1 aliphatic carbocycles. The number of hydrogen-bond acceptors (Lipinski definition) is 1. The number of nitrogens with one attached hydrogen (secondary N) is 1. The predicted octanol–water partition coefficient (Wildman–Crippen LogP) is 1.67. The molecule has 0 amide bonds. The van der Waals surface area contributed by atoms with Gasteiger partial charge in [0.05, 0.1) is 0 Å². The molecule has 0 aromatic heterocycles. The van der Waals surface area contributed by atoms with E-state index in [0.717, 1.165) is 13.1 Å². The Kier molecular flexibility index (Phi) is 2.40. The van der Waals surface area contributed by atoms with Gasteiger partial charge in [-0.2, -0.15) is 0 Å². The van der Waals surface area contributed by atoms with Crippen LogP contribution in [0.15, 0.2) is 0 Å². The molecule has 2 rings (SSSR count). The van der Waals surface area contributed by atoms with Gasteiger partial charge in [-0.15, -0.1) is 12.4 Å². The number of hydrogen-bond donors (Lipinski definition) is 1. The van der Waals surface area contributed by atoms with E-state index in [1.165, 1.54) is 0 Å². The zero-order valence-corrected chi connectivity index (χ0v) is 6.96. The van der Waals surface area contributed by atoms with Gasteiger partial charge in [-0.3, -0.25) is 0 Å². The van der Waals surface area contributed by atoms with Gasteiger partial charge in [-0.1, -0.05) is 0 Å². The zero-order valence-electron chi connectivity index (χ0n) is 6.15. The maximum atomic E-state index is 12.3. The highest BCUT2D eigenvalue weighted by Gasteiger charge is 2.49. The number of alkyl halides is 2. The quantitative estimate of drug-likeness (QED) is 0.652. The largest absolute Gasteiger partial charge is 0.316 e. The lowest BCUT2D eigenvalue weighted by Gasteiger charge is -2.44. The second kappa shape index (κ2) is 2.87. The molecule has 0 bridgehead atoms. The predicted molar refractivity (Wildman–Crippen MR) is 41.3 cm³/mol. The zero-order chi connectivity index (χ0) is 7.19. The topological polar surface area (TPSA) is 12.0 Å². The molecule has 1 saturated carbocycles. The van der Waals surface area contributed by atoms with E-state index >= 15 is 0 Å². The van der Waals surface area contributed by atoms with Crippen LogP contribution in [-0.4, -0.2) is 19.0 Å². The van der Waals surface area contributed by atoms with Crippen LogP contribution in [0.25, 0.3) is 0 Å². The molecule has 0 spiro atoms. The van der Waals surface area contributed by atoms with Crippen LogP contribution in [0.2, 0.25) is 0 Å². The van der Waals surface area contributed by atoms with Crippen LogP contribution >= 0.6 is 12.4 Å². The highest BCUT2D eigenvalue weighted by molar-refractivity contribution is 5.85. The van der Waals surface area contributed by atoms with Crippen LogP contribution < -0.4 is 5.32 Å². The molecule has 11 heavy (non-hydrogen) atoms. The summed E-state index contributed by atoms with van der Waals surface area (Å²) in [5, 5.41) is 3.09. The van der Waals surface area contributed by atoms with Crippen molar-refractivity contribution < 1.29 is 8.78 Å². The van der Waals surface area contributed by atoms with E-state index in [0.29, 0.717) is 11.8 Å². The average Bonchev–Trinajstić information content (AvgIpc) is 1.54. The molecule has 66 valence electrons. The maximum absolute atomic E-state index is 12.3. The highest BCUT2D eigenvalue weighted by atomic mass is 35.5. The fourth-order valence-corrected chi connectivity index (χ4v) is 1.69. The van der Waals surface area contributed by atoms with Gasteiger partial charge in [0.2, 0.25) is 5.92 Å². The van der Waals surface area contributed by atoms with E-state index in [4.69, 9.17) is 0 Å². The molecular weight excluding hydrogens is 172 g/mol. The summed E-state index contributed by atoms with van der Waals surface area (Å²) in [4.78, 5) is 0. The molecule has 1 saturated heterocycles. The van der Waals surface area contributed by atoms with Gasteiger partial charge in [0, 0.05) is 12.8 Å². The SMILES string of the molecule is Cl.FC1(F)CC(C2CNC2)C1. The lowest BCUT2D eigenvalue weighted by molar-refractivity contribution is -0.131. The summed E-state index contributed by atoms with van der Waals surface area (Å²) in [5.74, 6) is -1.45. The summed E-state index contributed by atoms with van der Waals surface area (Å²) >= 11 is 0. The van der Waals surface area contributed by atoms with Crippen molar-refractivity contribution in [2.24, 2.45) is 11.8 Å². The summed E-state index contributed by atoms with van der Waals surface area (Å²) in [6.07, 6.45) is 0.276.